The summed E-state index contributed by atoms with van der Waals surface area (Å²) >= 11 is 0. The molecule has 0 atom stereocenters. The fraction of sp³-hybridized carbons (Fsp3) is 0. The third-order valence-electron chi connectivity index (χ3n) is 4.30. The van der Waals surface area contributed by atoms with Crippen molar-refractivity contribution in [3.8, 4) is 28.3 Å². The summed E-state index contributed by atoms with van der Waals surface area (Å²) in [6, 6.07) is 18.3. The minimum absolute atomic E-state index is 0.251. The van der Waals surface area contributed by atoms with Crippen LogP contribution in [0.2, 0.25) is 0 Å². The van der Waals surface area contributed by atoms with E-state index in [1.807, 2.05) is 30.5 Å². The van der Waals surface area contributed by atoms with Crippen LogP contribution in [0.15, 0.2) is 67.0 Å². The molecule has 2 aromatic heterocycles. The number of benzene rings is 2. The summed E-state index contributed by atoms with van der Waals surface area (Å²) in [5.74, 6) is -0.947. The van der Waals surface area contributed by atoms with Crippen molar-refractivity contribution in [2.75, 3.05) is 0 Å². The van der Waals surface area contributed by atoms with Gasteiger partial charge in [0, 0.05) is 28.9 Å². The summed E-state index contributed by atoms with van der Waals surface area (Å²) in [6.07, 6.45) is 3.63. The van der Waals surface area contributed by atoms with Gasteiger partial charge in [-0.15, -0.1) is 0 Å². The number of nitrogens with one attached hydrogen (secondary N) is 1. The Labute approximate surface area is 149 Å². The van der Waals surface area contributed by atoms with E-state index >= 15 is 0 Å². The first-order chi connectivity index (χ1) is 12.7. The zero-order chi connectivity index (χ0) is 18.1. The first kappa shape index (κ1) is 15.6. The number of rotatable bonds is 3. The van der Waals surface area contributed by atoms with Crippen LogP contribution >= 0.6 is 0 Å². The number of nitrogens with zero attached hydrogens (tertiary/aromatic N) is 2. The van der Waals surface area contributed by atoms with Gasteiger partial charge in [0.25, 0.3) is 0 Å². The number of carboxylic acids is 1. The number of H-pyrrole nitrogens is 1. The Morgan fingerprint density at radius 3 is 2.58 bits per heavy atom. The van der Waals surface area contributed by atoms with Crippen LogP contribution < -0.4 is 0 Å². The van der Waals surface area contributed by atoms with Crippen molar-refractivity contribution in [2.24, 2.45) is 0 Å². The Kier molecular flexibility index (Phi) is 3.71. The smallest absolute Gasteiger partial charge is 0.335 e. The molecule has 5 nitrogen and oxygen atoms in total. The van der Waals surface area contributed by atoms with Crippen molar-refractivity contribution in [3.05, 3.63) is 78.1 Å². The molecule has 2 N–H and O–H groups in total. The lowest BCUT2D eigenvalue weighted by Gasteiger charge is -2.04. The van der Waals surface area contributed by atoms with Gasteiger partial charge in [-0.1, -0.05) is 24.3 Å². The summed E-state index contributed by atoms with van der Waals surface area (Å²) in [5, 5.41) is 19.1. The zero-order valence-electron chi connectivity index (χ0n) is 13.6. The Morgan fingerprint density at radius 2 is 1.85 bits per heavy atom. The molecule has 0 amide bonds. The van der Waals surface area contributed by atoms with Crippen LogP contribution in [0.3, 0.4) is 0 Å². The molecule has 4 rings (SSSR count). The van der Waals surface area contributed by atoms with Gasteiger partial charge < -0.3 is 10.1 Å². The van der Waals surface area contributed by atoms with Gasteiger partial charge >= 0.3 is 5.97 Å². The van der Waals surface area contributed by atoms with E-state index in [1.165, 1.54) is 0 Å². The highest BCUT2D eigenvalue weighted by molar-refractivity contribution is 5.96. The molecular formula is C21H13N3O2. The summed E-state index contributed by atoms with van der Waals surface area (Å²) in [7, 11) is 0. The number of nitriles is 1. The van der Waals surface area contributed by atoms with Crippen LogP contribution in [0.4, 0.5) is 0 Å². The highest BCUT2D eigenvalue weighted by atomic mass is 16.4. The molecule has 0 bridgehead atoms. The van der Waals surface area contributed by atoms with E-state index in [9.17, 15) is 4.79 Å². The fourth-order valence-electron chi connectivity index (χ4n) is 2.96. The standard InChI is InChI=1S/C21H13N3O2/c22-10-13-2-1-3-16(8-13)17-9-18-19(12-24-20(18)23-11-17)14-4-6-15(7-5-14)21(25)26/h1-9,11-12H,(H,23,24)(H,25,26). The van der Waals surface area contributed by atoms with Crippen LogP contribution in [0.5, 0.6) is 0 Å². The van der Waals surface area contributed by atoms with Gasteiger partial charge in [-0.3, -0.25) is 0 Å². The maximum Gasteiger partial charge on any atom is 0.335 e. The minimum Gasteiger partial charge on any atom is -0.478 e. The lowest BCUT2D eigenvalue weighted by molar-refractivity contribution is 0.0697. The maximum absolute atomic E-state index is 11.0. The van der Waals surface area contributed by atoms with E-state index in [0.29, 0.717) is 5.56 Å². The van der Waals surface area contributed by atoms with Crippen molar-refractivity contribution in [1.82, 2.24) is 9.97 Å². The molecule has 26 heavy (non-hydrogen) atoms. The highest BCUT2D eigenvalue weighted by Gasteiger charge is 2.10. The van der Waals surface area contributed by atoms with Crippen LogP contribution in [0, 0.1) is 11.3 Å². The zero-order valence-corrected chi connectivity index (χ0v) is 13.6. The van der Waals surface area contributed by atoms with Gasteiger partial charge in [0.1, 0.15) is 5.65 Å². The number of hydrogen-bond donors (Lipinski definition) is 2. The number of fused-ring (bicyclic) bond motifs is 1. The van der Waals surface area contributed by atoms with Gasteiger partial charge in [0.05, 0.1) is 17.2 Å². The third-order valence-corrected chi connectivity index (χ3v) is 4.30. The molecule has 5 heteroatoms. The van der Waals surface area contributed by atoms with E-state index in [2.05, 4.69) is 16.0 Å². The van der Waals surface area contributed by atoms with Crippen LogP contribution in [0.1, 0.15) is 15.9 Å². The average molecular weight is 339 g/mol. The van der Waals surface area contributed by atoms with Crippen LogP contribution in [-0.2, 0) is 0 Å². The molecule has 0 unspecified atom stereocenters. The molecule has 0 saturated carbocycles. The van der Waals surface area contributed by atoms with E-state index in [1.54, 1.807) is 36.5 Å². The van der Waals surface area contributed by atoms with Crippen molar-refractivity contribution < 1.29 is 9.90 Å². The molecule has 0 radical (unpaired) electrons. The van der Waals surface area contributed by atoms with E-state index in [-0.39, 0.29) is 5.56 Å². The van der Waals surface area contributed by atoms with Crippen LogP contribution in [0.25, 0.3) is 33.3 Å². The number of carboxylic acid groups (broad SMARTS) is 1. The molecule has 0 aliphatic rings. The second kappa shape index (κ2) is 6.19. The molecule has 0 aliphatic heterocycles. The van der Waals surface area contributed by atoms with Crippen molar-refractivity contribution in [1.29, 1.82) is 5.26 Å². The topological polar surface area (TPSA) is 89.8 Å². The van der Waals surface area contributed by atoms with Crippen LogP contribution in [-0.4, -0.2) is 21.0 Å². The van der Waals surface area contributed by atoms with Gasteiger partial charge in [-0.25, -0.2) is 9.78 Å². The molecule has 4 aromatic rings. The molecule has 0 spiro atoms. The number of aromatic nitrogens is 2. The predicted molar refractivity (Wildman–Crippen MR) is 98.6 cm³/mol. The molecule has 124 valence electrons. The molecule has 2 heterocycles. The highest BCUT2D eigenvalue weighted by Crippen LogP contribution is 2.31. The first-order valence-corrected chi connectivity index (χ1v) is 7.97. The maximum atomic E-state index is 11.0. The second-order valence-electron chi connectivity index (χ2n) is 5.90. The Morgan fingerprint density at radius 1 is 1.04 bits per heavy atom. The summed E-state index contributed by atoms with van der Waals surface area (Å²) in [6.45, 7) is 0. The van der Waals surface area contributed by atoms with E-state index < -0.39 is 5.97 Å². The van der Waals surface area contributed by atoms with E-state index in [4.69, 9.17) is 10.4 Å². The normalized spacial score (nSPS) is 10.6. The largest absolute Gasteiger partial charge is 0.478 e. The average Bonchev–Trinajstić information content (AvgIpc) is 3.11. The number of pyridine rings is 1. The number of hydrogen-bond acceptors (Lipinski definition) is 3. The molecule has 2 aromatic carbocycles. The number of aromatic carboxylic acids is 1. The number of carbonyl (C=O) groups is 1. The van der Waals surface area contributed by atoms with Gasteiger partial charge in [-0.2, -0.15) is 5.26 Å². The van der Waals surface area contributed by atoms with Gasteiger partial charge in [0.15, 0.2) is 0 Å². The summed E-state index contributed by atoms with van der Waals surface area (Å²) < 4.78 is 0. The van der Waals surface area contributed by atoms with E-state index in [0.717, 1.165) is 33.3 Å². The molecule has 0 saturated heterocycles. The van der Waals surface area contributed by atoms with Crippen molar-refractivity contribution >= 4 is 17.0 Å². The summed E-state index contributed by atoms with van der Waals surface area (Å²) in [4.78, 5) is 18.6. The molecular weight excluding hydrogens is 326 g/mol. The Hall–Kier alpha value is -3.91. The van der Waals surface area contributed by atoms with Crippen molar-refractivity contribution in [2.45, 2.75) is 0 Å². The molecule has 0 fully saturated rings. The summed E-state index contributed by atoms with van der Waals surface area (Å²) in [5.41, 5.74) is 5.29. The lowest BCUT2D eigenvalue weighted by atomic mass is 10.0. The monoisotopic (exact) mass is 339 g/mol. The lowest BCUT2D eigenvalue weighted by Crippen LogP contribution is -1.94. The molecule has 0 aliphatic carbocycles. The minimum atomic E-state index is -0.947. The Bertz CT molecular complexity index is 1170. The quantitative estimate of drug-likeness (QED) is 0.576. The fourth-order valence-corrected chi connectivity index (χ4v) is 2.96. The third kappa shape index (κ3) is 2.70. The SMILES string of the molecule is N#Cc1cccc(-c2cnc3[nH]cc(-c4ccc(C(=O)O)cc4)c3c2)c1. The Balaban J connectivity index is 1.82. The number of aromatic amines is 1. The van der Waals surface area contributed by atoms with Gasteiger partial charge in [0.2, 0.25) is 0 Å². The predicted octanol–water partition coefficient (Wildman–Crippen LogP) is 4.47. The first-order valence-electron chi connectivity index (χ1n) is 7.97. The second-order valence-corrected chi connectivity index (χ2v) is 5.90. The van der Waals surface area contributed by atoms with Crippen molar-refractivity contribution in [3.63, 3.8) is 0 Å². The van der Waals surface area contributed by atoms with Gasteiger partial charge in [-0.05, 0) is 41.5 Å².